The van der Waals surface area contributed by atoms with Gasteiger partial charge in [-0.15, -0.1) is 0 Å². The Balaban J connectivity index is 2.28. The number of benzene rings is 2. The van der Waals surface area contributed by atoms with E-state index in [0.29, 0.717) is 3.63 Å². The zero-order valence-electron chi connectivity index (χ0n) is 14.5. The second kappa shape index (κ2) is 7.90. The fourth-order valence-corrected chi connectivity index (χ4v) is 9.41. The number of hydrogen-bond donors (Lipinski definition) is 0. The predicted molar refractivity (Wildman–Crippen MR) is 103 cm³/mol. The minimum atomic E-state index is -2.41. The Bertz CT molecular complexity index is 777. The van der Waals surface area contributed by atoms with Gasteiger partial charge >= 0.3 is 161 Å². The molecule has 2 aromatic rings. The Hall–Kier alpha value is -0.357. The molecule has 1 atom stereocenters. The fraction of sp³-hybridized carbons (Fsp3) is 0.333. The minimum absolute atomic E-state index is 0.314. The van der Waals surface area contributed by atoms with Crippen molar-refractivity contribution in [3.05, 3.63) is 64.2 Å². The van der Waals surface area contributed by atoms with Crippen LogP contribution in [-0.4, -0.2) is 0 Å². The summed E-state index contributed by atoms with van der Waals surface area (Å²) in [6.07, 6.45) is 5.66. The second-order valence-electron chi connectivity index (χ2n) is 6.46. The van der Waals surface area contributed by atoms with Crippen LogP contribution in [-0.2, 0) is 25.8 Å². The molecule has 125 valence electrons. The van der Waals surface area contributed by atoms with E-state index in [1.165, 1.54) is 39.0 Å². The van der Waals surface area contributed by atoms with E-state index in [1.807, 2.05) is 0 Å². The molecule has 0 fully saturated rings. The van der Waals surface area contributed by atoms with Crippen LogP contribution in [0.3, 0.4) is 0 Å². The number of fused-ring (bicyclic) bond motifs is 1. The third-order valence-corrected chi connectivity index (χ3v) is 10.3. The molecule has 0 amide bonds. The van der Waals surface area contributed by atoms with Crippen molar-refractivity contribution in [1.29, 1.82) is 0 Å². The molecule has 0 radical (unpaired) electrons. The van der Waals surface area contributed by atoms with Gasteiger partial charge in [0.2, 0.25) is 0 Å². The molecule has 0 nitrogen and oxygen atoms in total. The molecule has 0 heterocycles. The van der Waals surface area contributed by atoms with E-state index in [0.717, 1.165) is 19.3 Å². The molecule has 0 saturated heterocycles. The molecule has 0 bridgehead atoms. The number of halogens is 2. The zero-order chi connectivity index (χ0) is 17.3. The third-order valence-electron chi connectivity index (χ3n) is 4.94. The van der Waals surface area contributed by atoms with Crippen molar-refractivity contribution in [3.8, 4) is 11.1 Å². The molecule has 0 aliphatic heterocycles. The maximum absolute atomic E-state index is 6.54. The topological polar surface area (TPSA) is 0 Å². The first-order valence-corrected chi connectivity index (χ1v) is 16.4. The predicted octanol–water partition coefficient (Wildman–Crippen LogP) is 7.39. The first-order chi connectivity index (χ1) is 11.6. The van der Waals surface area contributed by atoms with Gasteiger partial charge in [0.1, 0.15) is 0 Å². The van der Waals surface area contributed by atoms with Gasteiger partial charge in [0.15, 0.2) is 0 Å². The first kappa shape index (κ1) is 18.4. The zero-order valence-corrected chi connectivity index (χ0v) is 18.5. The standard InChI is InChI=1S/C21H23.2ClH.Zr/c1-4-8-17-11-12-18-13-16(5-2)14-20(18)21(17)19-10-7-6-9-15(19)3;;;/h6-7,9-14H,4-5,8H2,1-3H3;2*1H;/q;;;+2/p-2. The molecule has 3 rings (SSSR count). The van der Waals surface area contributed by atoms with E-state index in [1.54, 1.807) is 0 Å². The molecular weight excluding hydrogens is 414 g/mol. The van der Waals surface area contributed by atoms with Crippen molar-refractivity contribution < 1.29 is 19.4 Å². The van der Waals surface area contributed by atoms with Gasteiger partial charge < -0.3 is 0 Å². The van der Waals surface area contributed by atoms with Gasteiger partial charge in [0.05, 0.1) is 0 Å². The van der Waals surface area contributed by atoms with Gasteiger partial charge in [-0.3, -0.25) is 0 Å². The van der Waals surface area contributed by atoms with Crippen LogP contribution in [0.25, 0.3) is 17.2 Å². The summed E-state index contributed by atoms with van der Waals surface area (Å²) in [5.41, 5.74) is 9.67. The van der Waals surface area contributed by atoms with E-state index in [2.05, 4.69) is 63.2 Å². The number of rotatable bonds is 5. The average molecular weight is 438 g/mol. The summed E-state index contributed by atoms with van der Waals surface area (Å²) in [5, 5.41) is 0. The summed E-state index contributed by atoms with van der Waals surface area (Å²) >= 11 is -2.41. The van der Waals surface area contributed by atoms with E-state index >= 15 is 0 Å². The van der Waals surface area contributed by atoms with E-state index in [4.69, 9.17) is 17.0 Å². The first-order valence-electron chi connectivity index (χ1n) is 8.68. The Labute approximate surface area is 160 Å². The Morgan fingerprint density at radius 3 is 2.42 bits per heavy atom. The van der Waals surface area contributed by atoms with Crippen LogP contribution in [0.2, 0.25) is 0 Å². The van der Waals surface area contributed by atoms with Crippen LogP contribution in [0.15, 0.2) is 42.0 Å². The van der Waals surface area contributed by atoms with Gasteiger partial charge in [0, 0.05) is 0 Å². The SMILES string of the molecule is CCCc1ccc2c(c1-c1ccccc1C)C=C(CC)[CH]2[Zr]([Cl])[Cl]. The molecule has 2 aromatic carbocycles. The molecule has 0 spiro atoms. The van der Waals surface area contributed by atoms with E-state index < -0.39 is 19.4 Å². The molecule has 1 unspecified atom stereocenters. The number of allylic oxidation sites excluding steroid dienone is 1. The monoisotopic (exact) mass is 435 g/mol. The molecule has 0 aromatic heterocycles. The molecule has 1 aliphatic carbocycles. The Kier molecular flexibility index (Phi) is 6.07. The second-order valence-corrected chi connectivity index (χ2v) is 15.3. The molecule has 3 heteroatoms. The van der Waals surface area contributed by atoms with Crippen LogP contribution in [0, 0.1) is 6.92 Å². The van der Waals surface area contributed by atoms with Gasteiger partial charge in [-0.05, 0) is 0 Å². The number of aryl methyl sites for hydroxylation is 2. The molecule has 0 N–H and O–H groups in total. The summed E-state index contributed by atoms with van der Waals surface area (Å²) in [5.74, 6) is 0. The molecule has 1 aliphatic rings. The summed E-state index contributed by atoms with van der Waals surface area (Å²) in [6.45, 7) is 6.66. The van der Waals surface area contributed by atoms with Crippen molar-refractivity contribution in [1.82, 2.24) is 0 Å². The van der Waals surface area contributed by atoms with Crippen molar-refractivity contribution >= 4 is 23.1 Å². The molecule has 24 heavy (non-hydrogen) atoms. The van der Waals surface area contributed by atoms with Crippen LogP contribution in [0.4, 0.5) is 0 Å². The van der Waals surface area contributed by atoms with Crippen LogP contribution in [0.5, 0.6) is 0 Å². The van der Waals surface area contributed by atoms with Crippen LogP contribution in [0.1, 0.15) is 52.6 Å². The van der Waals surface area contributed by atoms with Crippen molar-refractivity contribution in [2.24, 2.45) is 0 Å². The van der Waals surface area contributed by atoms with Gasteiger partial charge in [0.25, 0.3) is 0 Å². The Morgan fingerprint density at radius 2 is 1.79 bits per heavy atom. The average Bonchev–Trinajstić information content (AvgIpc) is 2.94. The summed E-state index contributed by atoms with van der Waals surface area (Å²) < 4.78 is 0.314. The summed E-state index contributed by atoms with van der Waals surface area (Å²) in [6, 6.07) is 13.3. The maximum atomic E-state index is 6.54. The van der Waals surface area contributed by atoms with E-state index in [9.17, 15) is 0 Å². The molecular formula is C21H23Cl2Zr. The van der Waals surface area contributed by atoms with Crippen molar-refractivity contribution in [2.45, 2.75) is 43.7 Å². The van der Waals surface area contributed by atoms with Gasteiger partial charge in [-0.1, -0.05) is 0 Å². The third kappa shape index (κ3) is 3.33. The van der Waals surface area contributed by atoms with Gasteiger partial charge in [-0.25, -0.2) is 0 Å². The van der Waals surface area contributed by atoms with E-state index in [-0.39, 0.29) is 0 Å². The Morgan fingerprint density at radius 1 is 1.04 bits per heavy atom. The fourth-order valence-electron chi connectivity index (χ4n) is 3.77. The van der Waals surface area contributed by atoms with Crippen LogP contribution < -0.4 is 0 Å². The normalized spacial score (nSPS) is 16.0. The summed E-state index contributed by atoms with van der Waals surface area (Å²) in [7, 11) is 13.1. The summed E-state index contributed by atoms with van der Waals surface area (Å²) in [4.78, 5) is 0. The quantitative estimate of drug-likeness (QED) is 0.457. The van der Waals surface area contributed by atoms with Crippen molar-refractivity contribution in [3.63, 3.8) is 0 Å². The van der Waals surface area contributed by atoms with Gasteiger partial charge in [-0.2, -0.15) is 0 Å². The van der Waals surface area contributed by atoms with Crippen molar-refractivity contribution in [2.75, 3.05) is 0 Å². The molecule has 0 saturated carbocycles. The van der Waals surface area contributed by atoms with Crippen LogP contribution >= 0.6 is 17.0 Å². The number of hydrogen-bond acceptors (Lipinski definition) is 0.